The van der Waals surface area contributed by atoms with Crippen LogP contribution in [0.2, 0.25) is 0 Å². The zero-order valence-corrected chi connectivity index (χ0v) is 9.59. The number of carbonyl (C=O) groups excluding carboxylic acids is 1. The molecule has 3 nitrogen and oxygen atoms in total. The molecule has 1 aliphatic heterocycles. The fourth-order valence-electron chi connectivity index (χ4n) is 1.36. The van der Waals surface area contributed by atoms with Gasteiger partial charge in [0.25, 0.3) is 0 Å². The van der Waals surface area contributed by atoms with Crippen LogP contribution in [0.15, 0.2) is 0 Å². The van der Waals surface area contributed by atoms with Gasteiger partial charge in [0.2, 0.25) is 0 Å². The molecule has 0 bridgehead atoms. The number of carbonyl (C=O) groups is 1. The molecular weight excluding hydrogens is 210 g/mol. The van der Waals surface area contributed by atoms with E-state index in [1.54, 1.807) is 11.8 Å². The Morgan fingerprint density at radius 1 is 1.69 bits per heavy atom. The number of esters is 1. The Morgan fingerprint density at radius 2 is 2.38 bits per heavy atom. The highest BCUT2D eigenvalue weighted by Gasteiger charge is 2.38. The lowest BCUT2D eigenvalue weighted by atomic mass is 9.99. The van der Waals surface area contributed by atoms with Crippen LogP contribution in [0.5, 0.6) is 0 Å². The first-order valence-electron chi connectivity index (χ1n) is 4.16. The molecule has 78 valence electrons. The average Bonchev–Trinajstić information content (AvgIpc) is 2.17. The fraction of sp³-hybridized carbons (Fsp3) is 0.875. The molecule has 1 aliphatic rings. The smallest absolute Gasteiger partial charge is 0.326 e. The lowest BCUT2D eigenvalue weighted by molar-refractivity contribution is -0.147. The Balaban J connectivity index is 0.00000144. The molecule has 0 saturated carbocycles. The second-order valence-corrected chi connectivity index (χ2v) is 4.01. The van der Waals surface area contributed by atoms with E-state index < -0.39 is 5.54 Å². The number of rotatable bonds is 2. The maximum Gasteiger partial charge on any atom is 0.326 e. The molecule has 13 heavy (non-hydrogen) atoms. The van der Waals surface area contributed by atoms with E-state index in [1.165, 1.54) is 7.11 Å². The van der Waals surface area contributed by atoms with Gasteiger partial charge in [-0.2, -0.15) is 11.8 Å². The number of ether oxygens (including phenoxy) is 1. The zero-order valence-electron chi connectivity index (χ0n) is 7.96. The summed E-state index contributed by atoms with van der Waals surface area (Å²) in [6, 6.07) is 0. The largest absolute Gasteiger partial charge is 0.468 e. The summed E-state index contributed by atoms with van der Waals surface area (Å²) in [5.74, 6) is 1.78. The first-order valence-corrected chi connectivity index (χ1v) is 5.32. The molecule has 0 aromatic heterocycles. The number of thioether (sulfide) groups is 1. The maximum absolute atomic E-state index is 11.4. The van der Waals surface area contributed by atoms with Crippen molar-refractivity contribution >= 4 is 30.1 Å². The predicted molar refractivity (Wildman–Crippen MR) is 57.6 cm³/mol. The summed E-state index contributed by atoms with van der Waals surface area (Å²) in [6.07, 6.45) is 0.798. The summed E-state index contributed by atoms with van der Waals surface area (Å²) in [6.45, 7) is 2.91. The molecule has 0 amide bonds. The molecule has 1 unspecified atom stereocenters. The van der Waals surface area contributed by atoms with Crippen molar-refractivity contribution in [2.75, 3.05) is 25.2 Å². The molecule has 1 heterocycles. The number of hydrogen-bond acceptors (Lipinski definition) is 4. The van der Waals surface area contributed by atoms with Gasteiger partial charge in [-0.3, -0.25) is 4.79 Å². The van der Waals surface area contributed by atoms with Gasteiger partial charge in [-0.15, -0.1) is 12.4 Å². The highest BCUT2D eigenvalue weighted by Crippen LogP contribution is 2.22. The standard InChI is InChI=1S/C8H15NO2S.ClH/c1-3-8(7(10)11-2)6-12-5-4-9-8;/h9H,3-6H2,1-2H3;1H. The van der Waals surface area contributed by atoms with Crippen molar-refractivity contribution in [2.24, 2.45) is 0 Å². The minimum Gasteiger partial charge on any atom is -0.468 e. The van der Waals surface area contributed by atoms with Gasteiger partial charge in [0.05, 0.1) is 7.11 Å². The molecule has 1 fully saturated rings. The Labute approximate surface area is 89.4 Å². The number of nitrogens with one attached hydrogen (secondary N) is 1. The Bertz CT molecular complexity index is 172. The van der Waals surface area contributed by atoms with Crippen LogP contribution < -0.4 is 5.32 Å². The molecular formula is C8H16ClNO2S. The van der Waals surface area contributed by atoms with Gasteiger partial charge < -0.3 is 10.1 Å². The van der Waals surface area contributed by atoms with Crippen LogP contribution in [0.1, 0.15) is 13.3 Å². The lowest BCUT2D eigenvalue weighted by Crippen LogP contribution is -2.57. The van der Waals surface area contributed by atoms with Gasteiger partial charge in [-0.25, -0.2) is 0 Å². The van der Waals surface area contributed by atoms with Crippen molar-refractivity contribution in [3.63, 3.8) is 0 Å². The van der Waals surface area contributed by atoms with Crippen LogP contribution in [-0.2, 0) is 9.53 Å². The van der Waals surface area contributed by atoms with Gasteiger partial charge >= 0.3 is 5.97 Å². The van der Waals surface area contributed by atoms with Crippen molar-refractivity contribution in [2.45, 2.75) is 18.9 Å². The van der Waals surface area contributed by atoms with Crippen LogP contribution in [-0.4, -0.2) is 36.7 Å². The second-order valence-electron chi connectivity index (χ2n) is 2.91. The van der Waals surface area contributed by atoms with E-state index in [0.717, 1.165) is 24.5 Å². The molecule has 0 aliphatic carbocycles. The number of methoxy groups -OCH3 is 1. The summed E-state index contributed by atoms with van der Waals surface area (Å²) in [7, 11) is 1.45. The summed E-state index contributed by atoms with van der Waals surface area (Å²) < 4.78 is 4.77. The van der Waals surface area contributed by atoms with Gasteiger partial charge in [0.15, 0.2) is 0 Å². The highest BCUT2D eigenvalue weighted by atomic mass is 35.5. The molecule has 1 saturated heterocycles. The van der Waals surface area contributed by atoms with E-state index in [2.05, 4.69) is 5.32 Å². The van der Waals surface area contributed by atoms with Crippen molar-refractivity contribution < 1.29 is 9.53 Å². The fourth-order valence-corrected chi connectivity index (χ4v) is 2.52. The zero-order chi connectivity index (χ0) is 9.03. The second kappa shape index (κ2) is 5.73. The first kappa shape index (κ1) is 13.1. The van der Waals surface area contributed by atoms with Crippen LogP contribution in [0.4, 0.5) is 0 Å². The SMILES string of the molecule is CCC1(C(=O)OC)CSCCN1.Cl. The Kier molecular flexibility index (Phi) is 5.76. The van der Waals surface area contributed by atoms with Crippen LogP contribution in [0.3, 0.4) is 0 Å². The average molecular weight is 226 g/mol. The van der Waals surface area contributed by atoms with Crippen LogP contribution >= 0.6 is 24.2 Å². The van der Waals surface area contributed by atoms with E-state index in [9.17, 15) is 4.79 Å². The van der Waals surface area contributed by atoms with Crippen molar-refractivity contribution in [1.29, 1.82) is 0 Å². The van der Waals surface area contributed by atoms with Crippen molar-refractivity contribution in [3.05, 3.63) is 0 Å². The topological polar surface area (TPSA) is 38.3 Å². The van der Waals surface area contributed by atoms with E-state index in [1.807, 2.05) is 6.92 Å². The summed E-state index contributed by atoms with van der Waals surface area (Å²) in [5.41, 5.74) is -0.419. The van der Waals surface area contributed by atoms with Crippen LogP contribution in [0.25, 0.3) is 0 Å². The Morgan fingerprint density at radius 3 is 2.77 bits per heavy atom. The minimum absolute atomic E-state index is 0. The molecule has 1 rings (SSSR count). The first-order chi connectivity index (χ1) is 5.75. The summed E-state index contributed by atoms with van der Waals surface area (Å²) in [5, 5.41) is 3.24. The van der Waals surface area contributed by atoms with E-state index >= 15 is 0 Å². The third-order valence-electron chi connectivity index (χ3n) is 2.24. The normalized spacial score (nSPS) is 27.5. The van der Waals surface area contributed by atoms with E-state index in [4.69, 9.17) is 4.74 Å². The van der Waals surface area contributed by atoms with Crippen molar-refractivity contribution in [3.8, 4) is 0 Å². The van der Waals surface area contributed by atoms with Gasteiger partial charge in [0.1, 0.15) is 5.54 Å². The monoisotopic (exact) mass is 225 g/mol. The lowest BCUT2D eigenvalue weighted by Gasteiger charge is -2.34. The highest BCUT2D eigenvalue weighted by molar-refractivity contribution is 7.99. The Hall–Kier alpha value is 0.0700. The van der Waals surface area contributed by atoms with Crippen molar-refractivity contribution in [1.82, 2.24) is 5.32 Å². The molecule has 0 aromatic carbocycles. The number of halogens is 1. The quantitative estimate of drug-likeness (QED) is 0.714. The molecule has 0 spiro atoms. The van der Waals surface area contributed by atoms with Gasteiger partial charge in [-0.1, -0.05) is 6.92 Å². The van der Waals surface area contributed by atoms with Crippen LogP contribution in [0, 0.1) is 0 Å². The maximum atomic E-state index is 11.4. The third-order valence-corrected chi connectivity index (χ3v) is 3.43. The molecule has 0 aromatic rings. The number of hydrogen-bond donors (Lipinski definition) is 1. The van der Waals surface area contributed by atoms with Gasteiger partial charge in [-0.05, 0) is 6.42 Å². The molecule has 1 atom stereocenters. The molecule has 0 radical (unpaired) electrons. The van der Waals surface area contributed by atoms with E-state index in [-0.39, 0.29) is 18.4 Å². The third kappa shape index (κ3) is 2.76. The predicted octanol–water partition coefficient (Wildman–Crippen LogP) is 1.07. The van der Waals surface area contributed by atoms with E-state index in [0.29, 0.717) is 0 Å². The summed E-state index contributed by atoms with van der Waals surface area (Å²) in [4.78, 5) is 11.4. The summed E-state index contributed by atoms with van der Waals surface area (Å²) >= 11 is 1.81. The molecule has 5 heteroatoms. The van der Waals surface area contributed by atoms with Gasteiger partial charge in [0, 0.05) is 18.1 Å². The molecule has 1 N–H and O–H groups in total. The minimum atomic E-state index is -0.419.